The minimum absolute atomic E-state index is 0.216. The molecule has 1 amide bonds. The Balaban J connectivity index is 2.01. The third-order valence-corrected chi connectivity index (χ3v) is 4.75. The molecule has 1 aliphatic heterocycles. The number of carbonyl (C=O) groups is 1. The fourth-order valence-electron chi connectivity index (χ4n) is 2.94. The van der Waals surface area contributed by atoms with Crippen LogP contribution in [0.25, 0.3) is 0 Å². The topological polar surface area (TPSA) is 20.3 Å². The quantitative estimate of drug-likeness (QED) is 0.807. The molecule has 2 heteroatoms. The van der Waals surface area contributed by atoms with Crippen molar-refractivity contribution in [1.29, 1.82) is 0 Å². The highest BCUT2D eigenvalue weighted by molar-refractivity contribution is 5.81. The van der Waals surface area contributed by atoms with Gasteiger partial charge in [0.05, 0.1) is 0 Å². The normalized spacial score (nSPS) is 20.6. The van der Waals surface area contributed by atoms with Crippen LogP contribution in [-0.4, -0.2) is 23.9 Å². The Morgan fingerprint density at radius 3 is 2.55 bits per heavy atom. The van der Waals surface area contributed by atoms with Crippen molar-refractivity contribution >= 4 is 5.91 Å². The van der Waals surface area contributed by atoms with Gasteiger partial charge in [0, 0.05) is 18.5 Å². The van der Waals surface area contributed by atoms with Crippen molar-refractivity contribution in [2.75, 3.05) is 13.1 Å². The number of benzene rings is 1. The van der Waals surface area contributed by atoms with Crippen LogP contribution in [0.1, 0.15) is 57.9 Å². The predicted octanol–water partition coefficient (Wildman–Crippen LogP) is 4.22. The molecule has 1 heterocycles. The lowest BCUT2D eigenvalue weighted by atomic mass is 9.88. The number of nitrogens with zero attached hydrogens (tertiary/aromatic N) is 1. The molecule has 1 aromatic rings. The van der Waals surface area contributed by atoms with Crippen LogP contribution in [0.15, 0.2) is 30.3 Å². The van der Waals surface area contributed by atoms with Crippen molar-refractivity contribution in [3.63, 3.8) is 0 Å². The summed E-state index contributed by atoms with van der Waals surface area (Å²) in [6, 6.07) is 10.7. The van der Waals surface area contributed by atoms with Gasteiger partial charge in [0.1, 0.15) is 0 Å². The summed E-state index contributed by atoms with van der Waals surface area (Å²) in [6.45, 7) is 8.06. The monoisotopic (exact) mass is 273 g/mol. The molecule has 0 aromatic heterocycles. The van der Waals surface area contributed by atoms with Gasteiger partial charge in [-0.25, -0.2) is 0 Å². The van der Waals surface area contributed by atoms with Gasteiger partial charge in [0.2, 0.25) is 5.91 Å². The van der Waals surface area contributed by atoms with E-state index < -0.39 is 0 Å². The average molecular weight is 273 g/mol. The molecule has 1 aromatic carbocycles. The first kappa shape index (κ1) is 15.1. The number of hydrogen-bond donors (Lipinski definition) is 0. The van der Waals surface area contributed by atoms with E-state index in [2.05, 4.69) is 56.0 Å². The van der Waals surface area contributed by atoms with Gasteiger partial charge >= 0.3 is 0 Å². The van der Waals surface area contributed by atoms with Gasteiger partial charge in [-0.3, -0.25) is 4.79 Å². The van der Waals surface area contributed by atoms with Gasteiger partial charge in [-0.05, 0) is 37.2 Å². The number of rotatable bonds is 3. The summed E-state index contributed by atoms with van der Waals surface area (Å²) in [5.74, 6) is 0.937. The van der Waals surface area contributed by atoms with Crippen LogP contribution in [-0.2, 0) is 4.79 Å². The van der Waals surface area contributed by atoms with Crippen LogP contribution < -0.4 is 0 Å². The molecule has 1 fully saturated rings. The van der Waals surface area contributed by atoms with E-state index in [0.29, 0.717) is 11.8 Å². The largest absolute Gasteiger partial charge is 0.342 e. The summed E-state index contributed by atoms with van der Waals surface area (Å²) in [4.78, 5) is 14.7. The zero-order valence-electron chi connectivity index (χ0n) is 13.1. The molecular weight excluding hydrogens is 246 g/mol. The van der Waals surface area contributed by atoms with Crippen LogP contribution in [0.5, 0.6) is 0 Å². The summed E-state index contributed by atoms with van der Waals surface area (Å²) < 4.78 is 0. The summed E-state index contributed by atoms with van der Waals surface area (Å²) in [6.07, 6.45) is 4.31. The highest BCUT2D eigenvalue weighted by Gasteiger charge is 2.31. The predicted molar refractivity (Wildman–Crippen MR) is 83.7 cm³/mol. The Morgan fingerprint density at radius 2 is 1.90 bits per heavy atom. The zero-order chi connectivity index (χ0) is 14.6. The number of carbonyl (C=O) groups excluding carboxylic acids is 1. The van der Waals surface area contributed by atoms with Crippen molar-refractivity contribution < 1.29 is 4.79 Å². The van der Waals surface area contributed by atoms with Gasteiger partial charge in [-0.1, -0.05) is 51.1 Å². The second kappa shape index (κ2) is 6.43. The molecule has 0 bridgehead atoms. The summed E-state index contributed by atoms with van der Waals surface area (Å²) in [5.41, 5.74) is 1.21. The van der Waals surface area contributed by atoms with E-state index in [9.17, 15) is 4.79 Å². The molecular formula is C18H27NO. The van der Waals surface area contributed by atoms with Crippen LogP contribution in [0.3, 0.4) is 0 Å². The molecule has 0 saturated carbocycles. The molecule has 2 nitrogen and oxygen atoms in total. The molecule has 0 aliphatic carbocycles. The highest BCUT2D eigenvalue weighted by Crippen LogP contribution is 2.30. The van der Waals surface area contributed by atoms with E-state index in [0.717, 1.165) is 32.4 Å². The lowest BCUT2D eigenvalue weighted by Gasteiger charge is -2.30. The van der Waals surface area contributed by atoms with Crippen molar-refractivity contribution in [2.45, 2.75) is 52.4 Å². The maximum absolute atomic E-state index is 12.6. The van der Waals surface area contributed by atoms with Crippen LogP contribution in [0.4, 0.5) is 0 Å². The van der Waals surface area contributed by atoms with Crippen molar-refractivity contribution in [1.82, 2.24) is 4.90 Å². The Hall–Kier alpha value is -1.31. The number of likely N-dealkylation sites (tertiary alicyclic amines) is 1. The fourth-order valence-corrected chi connectivity index (χ4v) is 2.94. The summed E-state index contributed by atoms with van der Waals surface area (Å²) in [5, 5.41) is 0. The standard InChI is InChI=1S/C18H27NO/c1-4-18(2,3)17(20)19-13-8-11-16(12-14-19)15-9-6-5-7-10-15/h5-7,9-10,16H,4,8,11-14H2,1-3H3. The van der Waals surface area contributed by atoms with Gasteiger partial charge in [-0.2, -0.15) is 0 Å². The van der Waals surface area contributed by atoms with E-state index in [1.54, 1.807) is 0 Å². The molecule has 1 aliphatic rings. The minimum Gasteiger partial charge on any atom is -0.342 e. The Morgan fingerprint density at radius 1 is 1.20 bits per heavy atom. The van der Waals surface area contributed by atoms with E-state index in [1.807, 2.05) is 0 Å². The maximum atomic E-state index is 12.6. The summed E-state index contributed by atoms with van der Waals surface area (Å²) in [7, 11) is 0. The molecule has 20 heavy (non-hydrogen) atoms. The van der Waals surface area contributed by atoms with Crippen LogP contribution in [0, 0.1) is 5.41 Å². The number of amides is 1. The van der Waals surface area contributed by atoms with E-state index >= 15 is 0 Å². The smallest absolute Gasteiger partial charge is 0.228 e. The van der Waals surface area contributed by atoms with Gasteiger partial charge in [-0.15, -0.1) is 0 Å². The molecule has 0 spiro atoms. The molecule has 0 radical (unpaired) electrons. The zero-order valence-corrected chi connectivity index (χ0v) is 13.1. The lowest BCUT2D eigenvalue weighted by Crippen LogP contribution is -2.41. The minimum atomic E-state index is -0.216. The average Bonchev–Trinajstić information content (AvgIpc) is 2.73. The molecule has 2 rings (SSSR count). The first-order valence-electron chi connectivity index (χ1n) is 7.89. The van der Waals surface area contributed by atoms with E-state index in [1.165, 1.54) is 12.0 Å². The lowest BCUT2D eigenvalue weighted by molar-refractivity contribution is -0.140. The first-order chi connectivity index (χ1) is 9.54. The molecule has 1 atom stereocenters. The molecule has 110 valence electrons. The van der Waals surface area contributed by atoms with Gasteiger partial charge < -0.3 is 4.90 Å². The van der Waals surface area contributed by atoms with E-state index in [-0.39, 0.29) is 5.41 Å². The van der Waals surface area contributed by atoms with Crippen LogP contribution >= 0.6 is 0 Å². The third-order valence-electron chi connectivity index (χ3n) is 4.75. The fraction of sp³-hybridized carbons (Fsp3) is 0.611. The van der Waals surface area contributed by atoms with Crippen molar-refractivity contribution in [3.8, 4) is 0 Å². The van der Waals surface area contributed by atoms with Gasteiger partial charge in [0.25, 0.3) is 0 Å². The van der Waals surface area contributed by atoms with Crippen LogP contribution in [0.2, 0.25) is 0 Å². The maximum Gasteiger partial charge on any atom is 0.228 e. The van der Waals surface area contributed by atoms with Gasteiger partial charge in [0.15, 0.2) is 0 Å². The molecule has 1 unspecified atom stereocenters. The van der Waals surface area contributed by atoms with Crippen molar-refractivity contribution in [2.24, 2.45) is 5.41 Å². The number of hydrogen-bond acceptors (Lipinski definition) is 1. The third kappa shape index (κ3) is 3.41. The Labute approximate surface area is 123 Å². The first-order valence-corrected chi connectivity index (χ1v) is 7.89. The second-order valence-electron chi connectivity index (χ2n) is 6.57. The summed E-state index contributed by atoms with van der Waals surface area (Å²) >= 11 is 0. The molecule has 1 saturated heterocycles. The molecule has 0 N–H and O–H groups in total. The Bertz CT molecular complexity index is 438. The Kier molecular flexibility index (Phi) is 4.85. The van der Waals surface area contributed by atoms with Crippen molar-refractivity contribution in [3.05, 3.63) is 35.9 Å². The SMILES string of the molecule is CCC(C)(C)C(=O)N1CCCC(c2ccccc2)CC1. The second-order valence-corrected chi connectivity index (χ2v) is 6.57. The highest BCUT2D eigenvalue weighted by atomic mass is 16.2. The van der Waals surface area contributed by atoms with E-state index in [4.69, 9.17) is 0 Å².